The number of carbonyl (C=O) groups is 1. The van der Waals surface area contributed by atoms with E-state index in [-0.39, 0.29) is 77.6 Å². The summed E-state index contributed by atoms with van der Waals surface area (Å²) in [6.45, 7) is 9.77. The van der Waals surface area contributed by atoms with Gasteiger partial charge in [-0.05, 0) is 43.7 Å². The minimum Gasteiger partial charge on any atom is -0.475 e. The van der Waals surface area contributed by atoms with E-state index in [0.29, 0.717) is 68.2 Å². The lowest BCUT2D eigenvalue weighted by atomic mass is 9.94. The first kappa shape index (κ1) is 37.5. The summed E-state index contributed by atoms with van der Waals surface area (Å²) in [7, 11) is 0. The smallest absolute Gasteiger partial charge is 0.409 e. The topological polar surface area (TPSA) is 141 Å². The van der Waals surface area contributed by atoms with Crippen LogP contribution < -0.4 is 20.1 Å². The summed E-state index contributed by atoms with van der Waals surface area (Å²) < 4.78 is 56.5. The molecular weight excluding hydrogens is 747 g/mol. The highest BCUT2D eigenvalue weighted by molar-refractivity contribution is 6.03. The number of benzene rings is 2. The summed E-state index contributed by atoms with van der Waals surface area (Å²) in [5.41, 5.74) is 7.76. The lowest BCUT2D eigenvalue weighted by Crippen LogP contribution is -2.48. The SMILES string of the molecule is C#Cc1c(F)ccc2cccc(-c3nc4c5c(nc(OC[C@]67CC[C@@H](COC(=O)N8CCOCC8)N6CC(=C)C7)nc5c3F)N(C(C)c3cccnc3N)CCO4)c12. The molecule has 298 valence electrons. The van der Waals surface area contributed by atoms with Gasteiger partial charge in [-0.15, -0.1) is 6.42 Å². The second-order valence-corrected chi connectivity index (χ2v) is 15.2. The van der Waals surface area contributed by atoms with Crippen molar-refractivity contribution in [1.29, 1.82) is 0 Å². The van der Waals surface area contributed by atoms with Crippen molar-refractivity contribution in [3.63, 3.8) is 0 Å². The predicted octanol–water partition coefficient (Wildman–Crippen LogP) is 6.05. The summed E-state index contributed by atoms with van der Waals surface area (Å²) in [5.74, 6) is 1.87. The normalized spacial score (nSPS) is 21.1. The van der Waals surface area contributed by atoms with E-state index in [1.165, 1.54) is 6.07 Å². The maximum Gasteiger partial charge on any atom is 0.409 e. The Morgan fingerprint density at radius 2 is 1.95 bits per heavy atom. The molecule has 4 aliphatic rings. The number of fused-ring (bicyclic) bond motifs is 2. The van der Waals surface area contributed by atoms with Crippen LogP contribution in [0.3, 0.4) is 0 Å². The number of hydrogen-bond donors (Lipinski definition) is 1. The van der Waals surface area contributed by atoms with E-state index in [1.807, 2.05) is 17.9 Å². The number of amides is 1. The van der Waals surface area contributed by atoms with E-state index in [1.54, 1.807) is 41.4 Å². The van der Waals surface area contributed by atoms with Crippen molar-refractivity contribution >= 4 is 39.4 Å². The van der Waals surface area contributed by atoms with Crippen molar-refractivity contribution < 1.29 is 32.5 Å². The molecule has 9 rings (SSSR count). The second kappa shape index (κ2) is 15.0. The summed E-state index contributed by atoms with van der Waals surface area (Å²) in [4.78, 5) is 37.5. The number of pyridine rings is 2. The number of nitrogens with zero attached hydrogens (tertiary/aromatic N) is 7. The van der Waals surface area contributed by atoms with Crippen molar-refractivity contribution in [3.05, 3.63) is 83.6 Å². The molecule has 5 aromatic rings. The molecule has 0 spiro atoms. The van der Waals surface area contributed by atoms with Gasteiger partial charge in [0.2, 0.25) is 5.88 Å². The quantitative estimate of drug-likeness (QED) is 0.145. The molecule has 3 saturated heterocycles. The molecule has 13 nitrogen and oxygen atoms in total. The molecule has 0 aliphatic carbocycles. The largest absolute Gasteiger partial charge is 0.475 e. The number of nitrogens with two attached hydrogens (primary N) is 1. The minimum absolute atomic E-state index is 0.00432. The van der Waals surface area contributed by atoms with Crippen LogP contribution in [-0.4, -0.2) is 107 Å². The number of halogens is 2. The van der Waals surface area contributed by atoms with Gasteiger partial charge in [0.1, 0.15) is 53.9 Å². The molecule has 3 aromatic heterocycles. The molecule has 15 heteroatoms. The van der Waals surface area contributed by atoms with E-state index < -0.39 is 17.2 Å². The van der Waals surface area contributed by atoms with Gasteiger partial charge in [0.15, 0.2) is 5.82 Å². The monoisotopic (exact) mass is 788 g/mol. The molecule has 3 fully saturated rings. The Morgan fingerprint density at radius 3 is 2.76 bits per heavy atom. The van der Waals surface area contributed by atoms with Crippen LogP contribution in [0.4, 0.5) is 25.2 Å². The lowest BCUT2D eigenvalue weighted by Gasteiger charge is -2.34. The van der Waals surface area contributed by atoms with Crippen molar-refractivity contribution in [1.82, 2.24) is 29.7 Å². The minimum atomic E-state index is -0.775. The lowest BCUT2D eigenvalue weighted by molar-refractivity contribution is 0.0139. The van der Waals surface area contributed by atoms with Gasteiger partial charge in [0, 0.05) is 48.4 Å². The van der Waals surface area contributed by atoms with Crippen LogP contribution >= 0.6 is 0 Å². The molecule has 7 heterocycles. The Morgan fingerprint density at radius 1 is 1.10 bits per heavy atom. The van der Waals surface area contributed by atoms with Gasteiger partial charge in [-0.25, -0.2) is 23.5 Å². The molecule has 2 N–H and O–H groups in total. The number of rotatable bonds is 8. The Bertz CT molecular complexity index is 2510. The number of nitrogen functional groups attached to an aromatic ring is 1. The highest BCUT2D eigenvalue weighted by Crippen LogP contribution is 2.46. The van der Waals surface area contributed by atoms with Crippen LogP contribution in [0.1, 0.15) is 43.4 Å². The molecule has 3 atom stereocenters. The van der Waals surface area contributed by atoms with Gasteiger partial charge < -0.3 is 34.5 Å². The van der Waals surface area contributed by atoms with Gasteiger partial charge in [-0.2, -0.15) is 9.97 Å². The molecule has 0 saturated carbocycles. The first-order valence-electron chi connectivity index (χ1n) is 19.4. The van der Waals surface area contributed by atoms with E-state index >= 15 is 8.78 Å². The number of hydrogen-bond acceptors (Lipinski definition) is 12. The molecule has 2 aromatic carbocycles. The predicted molar refractivity (Wildman–Crippen MR) is 213 cm³/mol. The maximum atomic E-state index is 17.4. The van der Waals surface area contributed by atoms with Gasteiger partial charge in [-0.3, -0.25) is 4.90 Å². The Kier molecular flexibility index (Phi) is 9.69. The van der Waals surface area contributed by atoms with Crippen LogP contribution in [0, 0.1) is 24.0 Å². The summed E-state index contributed by atoms with van der Waals surface area (Å²) >= 11 is 0. The van der Waals surface area contributed by atoms with Crippen molar-refractivity contribution in [2.75, 3.05) is 69.8 Å². The van der Waals surface area contributed by atoms with Gasteiger partial charge in [-0.1, -0.05) is 48.4 Å². The molecule has 58 heavy (non-hydrogen) atoms. The van der Waals surface area contributed by atoms with Gasteiger partial charge >= 0.3 is 12.1 Å². The maximum absolute atomic E-state index is 17.4. The number of aromatic nitrogens is 4. The fourth-order valence-corrected chi connectivity index (χ4v) is 8.98. The van der Waals surface area contributed by atoms with Crippen LogP contribution in [0.15, 0.2) is 60.8 Å². The zero-order valence-electron chi connectivity index (χ0n) is 32.0. The number of morpholine rings is 1. The fourth-order valence-electron chi connectivity index (χ4n) is 8.98. The summed E-state index contributed by atoms with van der Waals surface area (Å²) in [5, 5.41) is 1.21. The molecule has 1 unspecified atom stereocenters. The molecular formula is C43H42F2N8O5. The first-order chi connectivity index (χ1) is 28.2. The van der Waals surface area contributed by atoms with E-state index in [2.05, 4.69) is 22.4 Å². The van der Waals surface area contributed by atoms with E-state index in [0.717, 1.165) is 24.0 Å². The average Bonchev–Trinajstić information content (AvgIpc) is 3.67. The van der Waals surface area contributed by atoms with Crippen LogP contribution in [-0.2, 0) is 9.47 Å². The third-order valence-corrected chi connectivity index (χ3v) is 11.8. The zero-order valence-corrected chi connectivity index (χ0v) is 32.0. The third kappa shape index (κ3) is 6.46. The van der Waals surface area contributed by atoms with Crippen LogP contribution in [0.5, 0.6) is 11.9 Å². The van der Waals surface area contributed by atoms with Crippen molar-refractivity contribution in [3.8, 4) is 35.5 Å². The highest BCUT2D eigenvalue weighted by Gasteiger charge is 2.51. The molecule has 0 radical (unpaired) electrons. The standard InChI is InChI=1S/C43H42F2N8O5/c1-4-29-32(44)11-10-27-7-5-8-31(33(27)29)36-35(45)37-34-39(52(17-20-56-40(34)48-36)26(3)30-9-6-14-47-38(30)46)50-41(49-37)58-24-43-13-12-28(53(43)22-25(2)21-43)23-57-42(54)51-15-18-55-19-16-51/h1,5-11,14,26,28H,2,12-13,15-24H2,3H3,(H2,46,47)/t26?,28-,43+/m0/s1. The van der Waals surface area contributed by atoms with Crippen molar-refractivity contribution in [2.24, 2.45) is 0 Å². The number of ether oxygens (including phenoxy) is 4. The number of anilines is 2. The number of carbonyl (C=O) groups excluding carboxylic acids is 1. The Balaban J connectivity index is 1.11. The molecule has 0 bridgehead atoms. The Labute approximate surface area is 333 Å². The average molecular weight is 789 g/mol. The molecule has 1 amide bonds. The van der Waals surface area contributed by atoms with Crippen LogP contribution in [0.25, 0.3) is 32.9 Å². The van der Waals surface area contributed by atoms with Crippen molar-refractivity contribution in [2.45, 2.75) is 43.8 Å². The summed E-state index contributed by atoms with van der Waals surface area (Å²) in [6, 6.07) is 11.3. The third-order valence-electron chi connectivity index (χ3n) is 11.8. The number of terminal acetylenes is 1. The van der Waals surface area contributed by atoms with E-state index in [4.69, 9.17) is 46.1 Å². The van der Waals surface area contributed by atoms with Gasteiger partial charge in [0.05, 0.1) is 36.9 Å². The highest BCUT2D eigenvalue weighted by atomic mass is 19.1. The summed E-state index contributed by atoms with van der Waals surface area (Å²) in [6.07, 6.45) is 9.27. The van der Waals surface area contributed by atoms with E-state index in [9.17, 15) is 4.79 Å². The Hall–Kier alpha value is -6.11. The van der Waals surface area contributed by atoms with Gasteiger partial charge in [0.25, 0.3) is 0 Å². The second-order valence-electron chi connectivity index (χ2n) is 15.2. The molecule has 4 aliphatic heterocycles. The first-order valence-corrected chi connectivity index (χ1v) is 19.4. The van der Waals surface area contributed by atoms with Crippen LogP contribution in [0.2, 0.25) is 0 Å². The zero-order chi connectivity index (χ0) is 40.1. The fraction of sp³-hybridized carbons (Fsp3) is 0.372.